The summed E-state index contributed by atoms with van der Waals surface area (Å²) in [6.45, 7) is 0. The lowest BCUT2D eigenvalue weighted by molar-refractivity contribution is 0.0840. The van der Waals surface area contributed by atoms with Crippen molar-refractivity contribution in [3.8, 4) is 0 Å². The number of methoxy groups -OCH3 is 1. The molecule has 2 aromatic rings. The summed E-state index contributed by atoms with van der Waals surface area (Å²) in [6.07, 6.45) is 1.68. The van der Waals surface area contributed by atoms with Crippen LogP contribution in [0.15, 0.2) is 34.7 Å². The first-order valence-electron chi connectivity index (χ1n) is 9.56. The molecule has 1 heterocycles. The maximum Gasteiger partial charge on any atom is 0.286 e. The maximum atomic E-state index is 13.0. The Kier molecular flexibility index (Phi) is 6.95. The summed E-state index contributed by atoms with van der Waals surface area (Å²) in [5.74, 6) is -0.520. The van der Waals surface area contributed by atoms with Crippen molar-refractivity contribution in [2.45, 2.75) is 43.9 Å². The predicted molar refractivity (Wildman–Crippen MR) is 108 cm³/mol. The van der Waals surface area contributed by atoms with Crippen LogP contribution >= 0.6 is 11.6 Å². The van der Waals surface area contributed by atoms with Crippen LogP contribution in [0.5, 0.6) is 0 Å². The van der Waals surface area contributed by atoms with Gasteiger partial charge in [0.25, 0.3) is 11.8 Å². The summed E-state index contributed by atoms with van der Waals surface area (Å²) >= 11 is 6.10. The van der Waals surface area contributed by atoms with E-state index in [2.05, 4.69) is 10.6 Å². The van der Waals surface area contributed by atoms with Gasteiger partial charge in [-0.1, -0.05) is 23.7 Å². The van der Waals surface area contributed by atoms with Crippen molar-refractivity contribution >= 4 is 23.4 Å². The van der Waals surface area contributed by atoms with Gasteiger partial charge in [0.1, 0.15) is 6.10 Å². The summed E-state index contributed by atoms with van der Waals surface area (Å²) in [5, 5.41) is 15.7. The zero-order chi connectivity index (χ0) is 21.0. The van der Waals surface area contributed by atoms with Gasteiger partial charge in [-0.2, -0.15) is 0 Å². The third-order valence-electron chi connectivity index (χ3n) is 5.11. The molecule has 0 bridgehead atoms. The number of ether oxygens (including phenoxy) is 1. The predicted octanol–water partition coefficient (Wildman–Crippen LogP) is 3.06. The van der Waals surface area contributed by atoms with E-state index in [1.165, 1.54) is 20.2 Å². The van der Waals surface area contributed by atoms with Gasteiger partial charge in [-0.05, 0) is 43.4 Å². The number of hydrogen-bond acceptors (Lipinski definition) is 5. The topological polar surface area (TPSA) is 101 Å². The van der Waals surface area contributed by atoms with Crippen molar-refractivity contribution in [3.05, 3.63) is 58.0 Å². The first-order valence-corrected chi connectivity index (χ1v) is 9.93. The summed E-state index contributed by atoms with van der Waals surface area (Å²) in [7, 11) is 2.99. The summed E-state index contributed by atoms with van der Waals surface area (Å²) in [4.78, 5) is 25.1. The highest BCUT2D eigenvalue weighted by molar-refractivity contribution is 6.30. The molecule has 2 amide bonds. The van der Waals surface area contributed by atoms with Crippen molar-refractivity contribution in [2.24, 2.45) is 0 Å². The van der Waals surface area contributed by atoms with E-state index < -0.39 is 12.0 Å². The lowest BCUT2D eigenvalue weighted by Crippen LogP contribution is -2.38. The van der Waals surface area contributed by atoms with Gasteiger partial charge in [-0.3, -0.25) is 9.59 Å². The first kappa shape index (κ1) is 21.4. The lowest BCUT2D eigenvalue weighted by atomic mass is 9.93. The second-order valence-electron chi connectivity index (χ2n) is 7.12. The van der Waals surface area contributed by atoms with Crippen LogP contribution in [0.1, 0.15) is 64.0 Å². The molecule has 0 spiro atoms. The van der Waals surface area contributed by atoms with Crippen molar-refractivity contribution < 1.29 is 23.8 Å². The first-order chi connectivity index (χ1) is 13.9. The molecule has 156 valence electrons. The van der Waals surface area contributed by atoms with E-state index in [9.17, 15) is 14.7 Å². The number of amides is 2. The Labute approximate surface area is 174 Å². The van der Waals surface area contributed by atoms with Gasteiger partial charge in [-0.15, -0.1) is 0 Å². The van der Waals surface area contributed by atoms with Crippen LogP contribution in [0.25, 0.3) is 0 Å². The molecule has 0 radical (unpaired) electrons. The van der Waals surface area contributed by atoms with Crippen LogP contribution in [0.3, 0.4) is 0 Å². The fourth-order valence-electron chi connectivity index (χ4n) is 3.56. The average molecular weight is 421 g/mol. The van der Waals surface area contributed by atoms with Gasteiger partial charge in [0, 0.05) is 31.3 Å². The molecule has 0 aliphatic heterocycles. The molecule has 7 nitrogen and oxygen atoms in total. The fraction of sp³-hybridized carbons (Fsp3) is 0.429. The molecule has 1 aliphatic rings. The van der Waals surface area contributed by atoms with Crippen molar-refractivity contribution in [1.82, 2.24) is 10.6 Å². The Hall–Kier alpha value is -2.35. The van der Waals surface area contributed by atoms with Crippen molar-refractivity contribution in [2.75, 3.05) is 14.2 Å². The van der Waals surface area contributed by atoms with Gasteiger partial charge in [0.15, 0.2) is 11.5 Å². The maximum absolute atomic E-state index is 13.0. The number of halogens is 1. The molecule has 1 aliphatic carbocycles. The number of furan rings is 1. The SMILES string of the molecule is CNC(=O)c1cc(C(=O)N[C@H]2CC[C@H](O)CC2)c(C(OC)c2cccc(Cl)c2)o1. The molecule has 1 atom stereocenters. The second-order valence-corrected chi connectivity index (χ2v) is 7.55. The standard InChI is InChI=1S/C21H25ClN2O5/c1-23-21(27)17-11-16(20(26)24-14-6-8-15(25)9-7-14)19(29-17)18(28-2)12-4-3-5-13(22)10-12/h3-5,10-11,14-15,18,25H,6-9H2,1-2H3,(H,23,27)(H,24,26)/t14-,15-,18?. The molecule has 8 heteroatoms. The lowest BCUT2D eigenvalue weighted by Gasteiger charge is -2.26. The Balaban J connectivity index is 1.93. The monoisotopic (exact) mass is 420 g/mol. The van der Waals surface area contributed by atoms with Crippen molar-refractivity contribution in [1.29, 1.82) is 0 Å². The van der Waals surface area contributed by atoms with Crippen LogP contribution in [0, 0.1) is 0 Å². The number of carbonyl (C=O) groups excluding carboxylic acids is 2. The molecule has 1 unspecified atom stereocenters. The number of rotatable bonds is 6. The van der Waals surface area contributed by atoms with Crippen LogP contribution in [-0.4, -0.2) is 43.2 Å². The van der Waals surface area contributed by atoms with Gasteiger partial charge in [0.2, 0.25) is 0 Å². The van der Waals surface area contributed by atoms with E-state index in [0.29, 0.717) is 36.3 Å². The summed E-state index contributed by atoms with van der Waals surface area (Å²) in [6, 6.07) is 8.44. The molecule has 0 saturated heterocycles. The molecule has 1 aromatic carbocycles. The normalized spacial score (nSPS) is 20.1. The zero-order valence-electron chi connectivity index (χ0n) is 16.4. The summed E-state index contributed by atoms with van der Waals surface area (Å²) in [5.41, 5.74) is 0.939. The molecular formula is C21H25ClN2O5. The van der Waals surface area contributed by atoms with E-state index in [0.717, 1.165) is 0 Å². The van der Waals surface area contributed by atoms with Gasteiger partial charge >= 0.3 is 0 Å². The minimum Gasteiger partial charge on any atom is -0.452 e. The third-order valence-corrected chi connectivity index (χ3v) is 5.35. The van der Waals surface area contributed by atoms with Gasteiger partial charge in [-0.25, -0.2) is 0 Å². The molecule has 1 aromatic heterocycles. The van der Waals surface area contributed by atoms with Gasteiger partial charge in [0.05, 0.1) is 11.7 Å². The van der Waals surface area contributed by atoms with E-state index >= 15 is 0 Å². The average Bonchev–Trinajstić information content (AvgIpc) is 3.15. The Morgan fingerprint density at radius 2 is 1.93 bits per heavy atom. The largest absolute Gasteiger partial charge is 0.452 e. The van der Waals surface area contributed by atoms with E-state index in [1.54, 1.807) is 18.2 Å². The number of aliphatic hydroxyl groups excluding tert-OH is 1. The minimum absolute atomic E-state index is 0.0239. The van der Waals surface area contributed by atoms with E-state index in [-0.39, 0.29) is 35.1 Å². The number of hydrogen-bond donors (Lipinski definition) is 3. The highest BCUT2D eigenvalue weighted by atomic mass is 35.5. The van der Waals surface area contributed by atoms with Crippen LogP contribution in [-0.2, 0) is 4.74 Å². The zero-order valence-corrected chi connectivity index (χ0v) is 17.2. The van der Waals surface area contributed by atoms with Crippen LogP contribution in [0.2, 0.25) is 5.02 Å². The van der Waals surface area contributed by atoms with Gasteiger partial charge < -0.3 is 24.9 Å². The second kappa shape index (κ2) is 9.43. The van der Waals surface area contributed by atoms with Crippen molar-refractivity contribution in [3.63, 3.8) is 0 Å². The molecular weight excluding hydrogens is 396 g/mol. The highest BCUT2D eigenvalue weighted by Gasteiger charge is 2.30. The fourth-order valence-corrected chi connectivity index (χ4v) is 3.76. The Morgan fingerprint density at radius 3 is 2.55 bits per heavy atom. The van der Waals surface area contributed by atoms with E-state index in [1.807, 2.05) is 6.07 Å². The third kappa shape index (κ3) is 4.98. The van der Waals surface area contributed by atoms with Crippen LogP contribution in [0.4, 0.5) is 0 Å². The molecule has 29 heavy (non-hydrogen) atoms. The minimum atomic E-state index is -0.707. The molecule has 1 saturated carbocycles. The highest BCUT2D eigenvalue weighted by Crippen LogP contribution is 2.32. The summed E-state index contributed by atoms with van der Waals surface area (Å²) < 4.78 is 11.4. The Bertz CT molecular complexity index is 874. The van der Waals surface area contributed by atoms with E-state index in [4.69, 9.17) is 20.8 Å². The smallest absolute Gasteiger partial charge is 0.286 e. The number of carbonyl (C=O) groups is 2. The molecule has 1 fully saturated rings. The quantitative estimate of drug-likeness (QED) is 0.666. The number of benzene rings is 1. The Morgan fingerprint density at radius 1 is 1.21 bits per heavy atom. The molecule has 3 rings (SSSR count). The van der Waals surface area contributed by atoms with Crippen LogP contribution < -0.4 is 10.6 Å². The number of nitrogens with one attached hydrogen (secondary N) is 2. The molecule has 3 N–H and O–H groups in total. The number of aliphatic hydroxyl groups is 1.